The van der Waals surface area contributed by atoms with Crippen LogP contribution in [0, 0.1) is 24.3 Å². The molecule has 0 aliphatic carbocycles. The third-order valence-electron chi connectivity index (χ3n) is 5.27. The molecule has 0 heterocycles. The summed E-state index contributed by atoms with van der Waals surface area (Å²) in [5.74, 6) is 1.03. The molecule has 0 aliphatic heterocycles. The van der Waals surface area contributed by atoms with Crippen LogP contribution in [-0.4, -0.2) is 33.3 Å². The van der Waals surface area contributed by atoms with Crippen LogP contribution in [0.2, 0.25) is 0 Å². The summed E-state index contributed by atoms with van der Waals surface area (Å²) in [6.45, 7) is 10.4. The van der Waals surface area contributed by atoms with Gasteiger partial charge in [-0.15, -0.1) is 0 Å². The summed E-state index contributed by atoms with van der Waals surface area (Å²) < 4.78 is 7.56. The van der Waals surface area contributed by atoms with Gasteiger partial charge in [0, 0.05) is 16.0 Å². The maximum atomic E-state index is 6.22. The van der Waals surface area contributed by atoms with Gasteiger partial charge in [-0.05, 0) is 117 Å². The number of hydrogen-bond acceptors (Lipinski definition) is 3. The quantitative estimate of drug-likeness (QED) is 0.517. The second kappa shape index (κ2) is 10.4. The van der Waals surface area contributed by atoms with E-state index in [1.807, 2.05) is 14.1 Å². The number of ether oxygens (including phenoxy) is 1. The van der Waals surface area contributed by atoms with Crippen LogP contribution in [0.15, 0.2) is 24.3 Å². The first kappa shape index (κ1) is 22.2. The number of likely N-dealkylation sites (N-methyl/N-ethyl adjacent to an activating group) is 2. The van der Waals surface area contributed by atoms with Crippen molar-refractivity contribution < 1.29 is 4.74 Å². The first-order valence-corrected chi connectivity index (χ1v) is 10.8. The zero-order valence-corrected chi connectivity index (χ0v) is 19.7. The first-order chi connectivity index (χ1) is 12.9. The highest BCUT2D eigenvalue weighted by Gasteiger charge is 2.15. The molecule has 27 heavy (non-hydrogen) atoms. The predicted octanol–water partition coefficient (Wildman–Crippen LogP) is 4.56. The molecule has 0 unspecified atom stereocenters. The number of para-hydroxylation sites is 1. The lowest BCUT2D eigenvalue weighted by atomic mass is 9.91. The molecule has 0 aromatic heterocycles. The largest absolute Gasteiger partial charge is 0.491 e. The lowest BCUT2D eigenvalue weighted by Crippen LogP contribution is -2.28. The molecule has 0 radical (unpaired) electrons. The molecule has 0 saturated carbocycles. The smallest absolute Gasteiger partial charge is 0.125 e. The molecule has 1 atom stereocenters. The van der Waals surface area contributed by atoms with E-state index in [0.29, 0.717) is 12.6 Å². The maximum Gasteiger partial charge on any atom is 0.125 e. The number of aryl methyl sites for hydroxylation is 2. The molecule has 0 amide bonds. The molecule has 3 nitrogen and oxygen atoms in total. The zero-order chi connectivity index (χ0) is 20.0. The van der Waals surface area contributed by atoms with Gasteiger partial charge in [0.15, 0.2) is 0 Å². The molecule has 0 saturated heterocycles. The van der Waals surface area contributed by atoms with Gasteiger partial charge in [-0.1, -0.05) is 18.2 Å². The van der Waals surface area contributed by atoms with Crippen molar-refractivity contribution in [2.75, 3.05) is 27.2 Å². The summed E-state index contributed by atoms with van der Waals surface area (Å²) in [4.78, 5) is 0. The van der Waals surface area contributed by atoms with E-state index in [-0.39, 0.29) is 0 Å². The topological polar surface area (TPSA) is 33.3 Å². The molecule has 2 aromatic rings. The fourth-order valence-corrected chi connectivity index (χ4v) is 4.48. The van der Waals surface area contributed by atoms with E-state index in [9.17, 15) is 0 Å². The summed E-state index contributed by atoms with van der Waals surface area (Å²) in [5, 5.41) is 6.52. The Morgan fingerprint density at radius 2 is 1.81 bits per heavy atom. The van der Waals surface area contributed by atoms with Crippen molar-refractivity contribution in [2.24, 2.45) is 0 Å². The Labute approximate surface area is 178 Å². The molecule has 0 fully saturated rings. The van der Waals surface area contributed by atoms with Crippen molar-refractivity contribution in [2.45, 2.75) is 46.6 Å². The van der Waals surface area contributed by atoms with Crippen molar-refractivity contribution in [3.8, 4) is 5.75 Å². The molecule has 0 aliphatic rings. The van der Waals surface area contributed by atoms with E-state index in [4.69, 9.17) is 4.74 Å². The molecule has 0 spiro atoms. The average molecular weight is 480 g/mol. The lowest BCUT2D eigenvalue weighted by molar-refractivity contribution is 0.276. The Bertz CT molecular complexity index is 773. The van der Waals surface area contributed by atoms with Gasteiger partial charge in [-0.25, -0.2) is 0 Å². The molecule has 0 bridgehead atoms. The second-order valence-corrected chi connectivity index (χ2v) is 8.51. The zero-order valence-electron chi connectivity index (χ0n) is 17.5. The highest BCUT2D eigenvalue weighted by molar-refractivity contribution is 14.1. The Kier molecular flexibility index (Phi) is 8.58. The van der Waals surface area contributed by atoms with Crippen molar-refractivity contribution in [1.82, 2.24) is 10.6 Å². The van der Waals surface area contributed by atoms with E-state index >= 15 is 0 Å². The van der Waals surface area contributed by atoms with Crippen LogP contribution in [0.25, 0.3) is 0 Å². The summed E-state index contributed by atoms with van der Waals surface area (Å²) in [5.41, 5.74) is 8.17. The van der Waals surface area contributed by atoms with Crippen molar-refractivity contribution in [1.29, 1.82) is 0 Å². The number of benzene rings is 2. The van der Waals surface area contributed by atoms with E-state index in [1.54, 1.807) is 0 Å². The van der Waals surface area contributed by atoms with Crippen LogP contribution in [0.4, 0.5) is 0 Å². The molecular formula is C23H33IN2O. The van der Waals surface area contributed by atoms with Crippen LogP contribution < -0.4 is 15.4 Å². The number of rotatable bonds is 9. The molecule has 2 rings (SSSR count). The minimum absolute atomic E-state index is 0.326. The van der Waals surface area contributed by atoms with Gasteiger partial charge in [0.1, 0.15) is 12.4 Å². The maximum absolute atomic E-state index is 6.22. The molecule has 4 heteroatoms. The SMILES string of the molecule is CNCCc1c(C)cc(I)c(Cc2cccc(C)c2OC[C@@H](C)NC)c1C. The molecule has 2 N–H and O–H groups in total. The van der Waals surface area contributed by atoms with Gasteiger partial charge in [0.2, 0.25) is 0 Å². The number of nitrogens with one attached hydrogen (secondary N) is 2. The first-order valence-electron chi connectivity index (χ1n) is 9.69. The average Bonchev–Trinajstić information content (AvgIpc) is 2.64. The lowest BCUT2D eigenvalue weighted by Gasteiger charge is -2.20. The fraction of sp³-hybridized carbons (Fsp3) is 0.478. The van der Waals surface area contributed by atoms with Crippen LogP contribution in [0.3, 0.4) is 0 Å². The van der Waals surface area contributed by atoms with Crippen molar-refractivity contribution in [3.63, 3.8) is 0 Å². The Morgan fingerprint density at radius 1 is 1.07 bits per heavy atom. The summed E-state index contributed by atoms with van der Waals surface area (Å²) in [6.07, 6.45) is 1.97. The van der Waals surface area contributed by atoms with Crippen LogP contribution in [0.5, 0.6) is 5.75 Å². The summed E-state index contributed by atoms with van der Waals surface area (Å²) in [7, 11) is 3.98. The summed E-state index contributed by atoms with van der Waals surface area (Å²) in [6, 6.07) is 9.13. The third-order valence-corrected chi connectivity index (χ3v) is 6.23. The van der Waals surface area contributed by atoms with Gasteiger partial charge >= 0.3 is 0 Å². The van der Waals surface area contributed by atoms with E-state index in [1.165, 1.54) is 37.0 Å². The molecular weight excluding hydrogens is 447 g/mol. The van der Waals surface area contributed by atoms with Crippen LogP contribution in [0.1, 0.15) is 40.3 Å². The second-order valence-electron chi connectivity index (χ2n) is 7.35. The number of hydrogen-bond donors (Lipinski definition) is 2. The van der Waals surface area contributed by atoms with Gasteiger partial charge in [0.05, 0.1) is 0 Å². The Morgan fingerprint density at radius 3 is 2.48 bits per heavy atom. The molecule has 148 valence electrons. The van der Waals surface area contributed by atoms with E-state index in [0.717, 1.165) is 25.1 Å². The normalized spacial score (nSPS) is 12.3. The van der Waals surface area contributed by atoms with Crippen LogP contribution in [-0.2, 0) is 12.8 Å². The predicted molar refractivity (Wildman–Crippen MR) is 124 cm³/mol. The van der Waals surface area contributed by atoms with Gasteiger partial charge in [0.25, 0.3) is 0 Å². The van der Waals surface area contributed by atoms with Crippen LogP contribution >= 0.6 is 22.6 Å². The third kappa shape index (κ3) is 5.69. The minimum Gasteiger partial charge on any atom is -0.491 e. The Hall–Kier alpha value is -1.11. The molecule has 2 aromatic carbocycles. The van der Waals surface area contributed by atoms with E-state index < -0.39 is 0 Å². The van der Waals surface area contributed by atoms with Crippen molar-refractivity contribution >= 4 is 22.6 Å². The van der Waals surface area contributed by atoms with Gasteiger partial charge < -0.3 is 15.4 Å². The monoisotopic (exact) mass is 480 g/mol. The minimum atomic E-state index is 0.326. The summed E-state index contributed by atoms with van der Waals surface area (Å²) >= 11 is 2.48. The van der Waals surface area contributed by atoms with Gasteiger partial charge in [-0.3, -0.25) is 0 Å². The highest BCUT2D eigenvalue weighted by Crippen LogP contribution is 2.31. The highest BCUT2D eigenvalue weighted by atomic mass is 127. The fourth-order valence-electron chi connectivity index (χ4n) is 3.41. The van der Waals surface area contributed by atoms with E-state index in [2.05, 4.69) is 85.2 Å². The van der Waals surface area contributed by atoms with Crippen molar-refractivity contribution in [3.05, 3.63) is 61.2 Å². The standard InChI is InChI=1S/C23H33IN2O/c1-15-8-7-9-19(23(15)27-14-17(3)26-6)13-21-18(4)20(10-11-25-5)16(2)12-22(21)24/h7-9,12,17,25-26H,10-11,13-14H2,1-6H3/t17-/m1/s1. The number of halogens is 1. The Balaban J connectivity index is 2.38. The van der Waals surface area contributed by atoms with Gasteiger partial charge in [-0.2, -0.15) is 0 Å².